The van der Waals surface area contributed by atoms with E-state index in [-0.39, 0.29) is 12.5 Å². The van der Waals surface area contributed by atoms with Gasteiger partial charge in [-0.3, -0.25) is 4.79 Å². The number of aliphatic hydroxyl groups is 2. The lowest BCUT2D eigenvalue weighted by atomic mass is 10.0. The van der Waals surface area contributed by atoms with Crippen LogP contribution in [0.15, 0.2) is 24.3 Å². The molecule has 2 unspecified atom stereocenters. The Balaban J connectivity index is 3.24. The molecule has 0 rings (SSSR count). The molecule has 4 heteroatoms. The van der Waals surface area contributed by atoms with Crippen molar-refractivity contribution in [1.82, 2.24) is 5.32 Å². The van der Waals surface area contributed by atoms with E-state index in [4.69, 9.17) is 0 Å². The van der Waals surface area contributed by atoms with Crippen molar-refractivity contribution in [3.8, 4) is 0 Å². The molecule has 0 bridgehead atoms. The molecule has 1 amide bonds. The first-order valence-corrected chi connectivity index (χ1v) is 25.5. The third-order valence-corrected chi connectivity index (χ3v) is 12.0. The summed E-state index contributed by atoms with van der Waals surface area (Å²) in [6.07, 6.45) is 63.9. The van der Waals surface area contributed by atoms with Crippen molar-refractivity contribution in [3.05, 3.63) is 24.3 Å². The third-order valence-electron chi connectivity index (χ3n) is 12.0. The Hall–Kier alpha value is -1.13. The van der Waals surface area contributed by atoms with Crippen molar-refractivity contribution in [1.29, 1.82) is 0 Å². The second-order valence-corrected chi connectivity index (χ2v) is 17.6. The summed E-state index contributed by atoms with van der Waals surface area (Å²) < 4.78 is 0. The fourth-order valence-electron chi connectivity index (χ4n) is 8.04. The number of hydrogen-bond donors (Lipinski definition) is 3. The molecule has 2 atom stereocenters. The Bertz CT molecular complexity index is 810. The topological polar surface area (TPSA) is 69.6 Å². The normalized spacial score (nSPS) is 13.0. The Morgan fingerprint density at radius 1 is 0.429 bits per heavy atom. The summed E-state index contributed by atoms with van der Waals surface area (Å²) >= 11 is 0. The lowest BCUT2D eigenvalue weighted by molar-refractivity contribution is -0.123. The van der Waals surface area contributed by atoms with Gasteiger partial charge in [-0.1, -0.05) is 256 Å². The Labute approximate surface area is 351 Å². The van der Waals surface area contributed by atoms with Gasteiger partial charge in [0.25, 0.3) is 0 Å². The van der Waals surface area contributed by atoms with E-state index in [1.165, 1.54) is 218 Å². The third kappa shape index (κ3) is 44.0. The number of rotatable bonds is 47. The molecule has 0 radical (unpaired) electrons. The Kier molecular flexibility index (Phi) is 47.3. The van der Waals surface area contributed by atoms with Gasteiger partial charge in [-0.15, -0.1) is 0 Å². The standard InChI is InChI=1S/C52H101NO3/c1-3-5-7-8-9-10-11-12-13-14-15-16-17-18-19-20-21-22-23-24-25-26-27-28-29-30-31-32-33-34-35-36-37-38-39-40-41-42-43-44-46-48-52(56)53-50(49-54)51(55)47-45-6-4-2/h11-12,14-15,50-51,54-55H,3-10,13,16-49H2,1-2H3,(H,53,56)/b12-11-,15-14-. The molecule has 0 aliphatic heterocycles. The van der Waals surface area contributed by atoms with Crippen LogP contribution in [0.25, 0.3) is 0 Å². The first-order valence-electron chi connectivity index (χ1n) is 25.5. The molecule has 0 aliphatic carbocycles. The van der Waals surface area contributed by atoms with Crippen LogP contribution in [0.5, 0.6) is 0 Å². The SMILES string of the molecule is CCCCCCC/C=C\C/C=C\CCCCCCCCCCCCCCCCCCCCCCCCCCCCCCCC(=O)NC(CO)C(O)CCCCC. The molecular formula is C52H101NO3. The average Bonchev–Trinajstić information content (AvgIpc) is 3.20. The van der Waals surface area contributed by atoms with Crippen molar-refractivity contribution < 1.29 is 15.0 Å². The van der Waals surface area contributed by atoms with Crippen LogP contribution >= 0.6 is 0 Å². The van der Waals surface area contributed by atoms with Crippen molar-refractivity contribution >= 4 is 5.91 Å². The minimum atomic E-state index is -0.651. The predicted molar refractivity (Wildman–Crippen MR) is 249 cm³/mol. The van der Waals surface area contributed by atoms with E-state index in [0.717, 1.165) is 38.5 Å². The molecular weight excluding hydrogens is 687 g/mol. The zero-order valence-corrected chi connectivity index (χ0v) is 38.2. The number of hydrogen-bond acceptors (Lipinski definition) is 3. The van der Waals surface area contributed by atoms with Crippen LogP contribution in [0.4, 0.5) is 0 Å². The van der Waals surface area contributed by atoms with E-state index in [9.17, 15) is 15.0 Å². The maximum atomic E-state index is 12.2. The highest BCUT2D eigenvalue weighted by Crippen LogP contribution is 2.17. The highest BCUT2D eigenvalue weighted by molar-refractivity contribution is 5.76. The summed E-state index contributed by atoms with van der Waals surface area (Å²) in [5.74, 6) is -0.0384. The van der Waals surface area contributed by atoms with Crippen molar-refractivity contribution in [2.45, 2.75) is 296 Å². The van der Waals surface area contributed by atoms with Gasteiger partial charge in [0.1, 0.15) is 0 Å². The van der Waals surface area contributed by atoms with E-state index in [0.29, 0.717) is 12.8 Å². The number of amides is 1. The first-order chi connectivity index (χ1) is 27.7. The van der Waals surface area contributed by atoms with E-state index in [1.807, 2.05) is 0 Å². The van der Waals surface area contributed by atoms with Gasteiger partial charge in [0.15, 0.2) is 0 Å². The van der Waals surface area contributed by atoms with Crippen LogP contribution in [-0.4, -0.2) is 34.9 Å². The van der Waals surface area contributed by atoms with Crippen molar-refractivity contribution in [2.24, 2.45) is 0 Å². The molecule has 0 aromatic rings. The average molecular weight is 788 g/mol. The molecule has 3 N–H and O–H groups in total. The van der Waals surface area contributed by atoms with Gasteiger partial charge in [-0.25, -0.2) is 0 Å². The highest BCUT2D eigenvalue weighted by Gasteiger charge is 2.19. The monoisotopic (exact) mass is 788 g/mol. The summed E-state index contributed by atoms with van der Waals surface area (Å²) in [7, 11) is 0. The summed E-state index contributed by atoms with van der Waals surface area (Å²) in [4.78, 5) is 12.2. The zero-order valence-electron chi connectivity index (χ0n) is 38.2. The van der Waals surface area contributed by atoms with Crippen LogP contribution in [0.3, 0.4) is 0 Å². The Morgan fingerprint density at radius 3 is 1.07 bits per heavy atom. The zero-order chi connectivity index (χ0) is 40.7. The second kappa shape index (κ2) is 48.2. The van der Waals surface area contributed by atoms with Crippen LogP contribution in [0, 0.1) is 0 Å². The number of carbonyl (C=O) groups is 1. The van der Waals surface area contributed by atoms with Gasteiger partial charge >= 0.3 is 0 Å². The number of allylic oxidation sites excluding steroid dienone is 4. The quantitative estimate of drug-likeness (QED) is 0.0425. The van der Waals surface area contributed by atoms with Crippen LogP contribution in [-0.2, 0) is 4.79 Å². The molecule has 56 heavy (non-hydrogen) atoms. The number of unbranched alkanes of at least 4 members (excludes halogenated alkanes) is 36. The van der Waals surface area contributed by atoms with E-state index >= 15 is 0 Å². The molecule has 0 spiro atoms. The second-order valence-electron chi connectivity index (χ2n) is 17.6. The van der Waals surface area contributed by atoms with Gasteiger partial charge in [0, 0.05) is 6.42 Å². The Morgan fingerprint density at radius 2 is 0.732 bits per heavy atom. The maximum absolute atomic E-state index is 12.2. The van der Waals surface area contributed by atoms with Gasteiger partial charge < -0.3 is 15.5 Å². The molecule has 0 saturated heterocycles. The van der Waals surface area contributed by atoms with Gasteiger partial charge in [-0.2, -0.15) is 0 Å². The number of carbonyl (C=O) groups excluding carboxylic acids is 1. The molecule has 332 valence electrons. The van der Waals surface area contributed by atoms with Gasteiger partial charge in [-0.05, 0) is 44.9 Å². The first kappa shape index (κ1) is 54.9. The number of nitrogens with one attached hydrogen (secondary N) is 1. The summed E-state index contributed by atoms with van der Waals surface area (Å²) in [5, 5.41) is 22.6. The summed E-state index contributed by atoms with van der Waals surface area (Å²) in [6.45, 7) is 4.22. The van der Waals surface area contributed by atoms with Crippen LogP contribution in [0.1, 0.15) is 284 Å². The molecule has 0 fully saturated rings. The molecule has 0 aliphatic rings. The lowest BCUT2D eigenvalue weighted by Crippen LogP contribution is -2.45. The van der Waals surface area contributed by atoms with E-state index in [1.54, 1.807) is 0 Å². The largest absolute Gasteiger partial charge is 0.394 e. The lowest BCUT2D eigenvalue weighted by Gasteiger charge is -2.22. The molecule has 0 aromatic carbocycles. The molecule has 0 heterocycles. The van der Waals surface area contributed by atoms with Gasteiger partial charge in [0.2, 0.25) is 5.91 Å². The fraction of sp³-hybridized carbons (Fsp3) is 0.904. The highest BCUT2D eigenvalue weighted by atomic mass is 16.3. The molecule has 4 nitrogen and oxygen atoms in total. The van der Waals surface area contributed by atoms with Crippen LogP contribution < -0.4 is 5.32 Å². The van der Waals surface area contributed by atoms with Gasteiger partial charge in [0.05, 0.1) is 18.8 Å². The maximum Gasteiger partial charge on any atom is 0.220 e. The minimum Gasteiger partial charge on any atom is -0.394 e. The van der Waals surface area contributed by atoms with E-state index < -0.39 is 12.1 Å². The molecule has 0 aromatic heterocycles. The predicted octanol–water partition coefficient (Wildman–Crippen LogP) is 16.4. The smallest absolute Gasteiger partial charge is 0.220 e. The summed E-state index contributed by atoms with van der Waals surface area (Å²) in [5.41, 5.74) is 0. The van der Waals surface area contributed by atoms with Crippen molar-refractivity contribution in [2.75, 3.05) is 6.61 Å². The summed E-state index contributed by atoms with van der Waals surface area (Å²) in [6, 6.07) is -0.528. The van der Waals surface area contributed by atoms with E-state index in [2.05, 4.69) is 43.5 Å². The van der Waals surface area contributed by atoms with Crippen molar-refractivity contribution in [3.63, 3.8) is 0 Å². The molecule has 0 saturated carbocycles. The fourth-order valence-corrected chi connectivity index (χ4v) is 8.04. The minimum absolute atomic E-state index is 0.0384. The number of aliphatic hydroxyl groups excluding tert-OH is 2. The van der Waals surface area contributed by atoms with Crippen LogP contribution in [0.2, 0.25) is 0 Å².